The molecule has 0 saturated heterocycles. The molecule has 2 unspecified atom stereocenters. The van der Waals surface area contributed by atoms with Gasteiger partial charge in [0.2, 0.25) is 5.91 Å². The van der Waals surface area contributed by atoms with Gasteiger partial charge in [0.05, 0.1) is 25.4 Å². The predicted octanol–water partition coefficient (Wildman–Crippen LogP) is 19.0. The Morgan fingerprint density at radius 3 is 1.04 bits per heavy atom. The second kappa shape index (κ2) is 57.9. The van der Waals surface area contributed by atoms with E-state index in [1.807, 2.05) is 6.08 Å². The normalized spacial score (nSPS) is 12.7. The van der Waals surface area contributed by atoms with Gasteiger partial charge in [0, 0.05) is 12.8 Å². The second-order valence-corrected chi connectivity index (χ2v) is 21.0. The van der Waals surface area contributed by atoms with E-state index in [1.165, 1.54) is 263 Å². The lowest BCUT2D eigenvalue weighted by molar-refractivity contribution is -0.143. The molecule has 2 atom stereocenters. The average Bonchev–Trinajstić information content (AvgIpc) is 3.34. The molecule has 0 radical (unpaired) electrons. The molecule has 0 fully saturated rings. The van der Waals surface area contributed by atoms with Gasteiger partial charge in [0.1, 0.15) is 0 Å². The molecule has 68 heavy (non-hydrogen) atoms. The van der Waals surface area contributed by atoms with Gasteiger partial charge in [0.25, 0.3) is 0 Å². The van der Waals surface area contributed by atoms with Crippen molar-refractivity contribution in [1.29, 1.82) is 0 Å². The molecule has 6 nitrogen and oxygen atoms in total. The lowest BCUT2D eigenvalue weighted by atomic mass is 10.0. The topological polar surface area (TPSA) is 95.9 Å². The molecule has 0 heterocycles. The Hall–Kier alpha value is -1.66. The molecule has 0 bridgehead atoms. The molecule has 0 saturated carbocycles. The van der Waals surface area contributed by atoms with E-state index >= 15 is 0 Å². The molecule has 0 rings (SSSR count). The van der Waals surface area contributed by atoms with Gasteiger partial charge < -0.3 is 20.3 Å². The number of rotatable bonds is 57. The number of aliphatic hydroxyl groups is 2. The molecule has 6 heteroatoms. The first-order chi connectivity index (χ1) is 33.5. The van der Waals surface area contributed by atoms with E-state index in [0.717, 1.165) is 44.9 Å². The zero-order valence-corrected chi connectivity index (χ0v) is 45.9. The van der Waals surface area contributed by atoms with Crippen LogP contribution in [0.3, 0.4) is 0 Å². The van der Waals surface area contributed by atoms with Crippen LogP contribution in [0, 0.1) is 0 Å². The van der Waals surface area contributed by atoms with Crippen LogP contribution in [0.5, 0.6) is 0 Å². The molecule has 0 aliphatic carbocycles. The maximum absolute atomic E-state index is 12.5. The van der Waals surface area contributed by atoms with Gasteiger partial charge in [-0.15, -0.1) is 0 Å². The summed E-state index contributed by atoms with van der Waals surface area (Å²) in [6, 6.07) is -0.627. The zero-order valence-electron chi connectivity index (χ0n) is 45.9. The predicted molar refractivity (Wildman–Crippen MR) is 296 cm³/mol. The van der Waals surface area contributed by atoms with Gasteiger partial charge in [-0.3, -0.25) is 9.59 Å². The van der Waals surface area contributed by atoms with Crippen molar-refractivity contribution in [3.63, 3.8) is 0 Å². The summed E-state index contributed by atoms with van der Waals surface area (Å²) >= 11 is 0. The van der Waals surface area contributed by atoms with Crippen LogP contribution >= 0.6 is 0 Å². The fourth-order valence-corrected chi connectivity index (χ4v) is 9.51. The summed E-state index contributed by atoms with van der Waals surface area (Å²) in [7, 11) is 0. The lowest BCUT2D eigenvalue weighted by Gasteiger charge is -2.20. The van der Waals surface area contributed by atoms with Gasteiger partial charge >= 0.3 is 5.97 Å². The highest BCUT2D eigenvalue weighted by Crippen LogP contribution is 2.17. The number of hydrogen-bond donors (Lipinski definition) is 3. The van der Waals surface area contributed by atoms with Crippen molar-refractivity contribution in [2.75, 3.05) is 13.2 Å². The fraction of sp³-hybridized carbons (Fsp3) is 0.903. The van der Waals surface area contributed by atoms with Crippen LogP contribution < -0.4 is 5.32 Å². The zero-order chi connectivity index (χ0) is 49.3. The Morgan fingerprint density at radius 1 is 0.397 bits per heavy atom. The summed E-state index contributed by atoms with van der Waals surface area (Å²) in [4.78, 5) is 24.5. The third kappa shape index (κ3) is 53.7. The number of carbonyl (C=O) groups excluding carboxylic acids is 2. The second-order valence-electron chi connectivity index (χ2n) is 21.0. The highest BCUT2D eigenvalue weighted by molar-refractivity contribution is 5.76. The Bertz CT molecular complexity index is 1060. The van der Waals surface area contributed by atoms with Crippen molar-refractivity contribution in [1.82, 2.24) is 5.32 Å². The third-order valence-corrected chi connectivity index (χ3v) is 14.2. The van der Waals surface area contributed by atoms with Crippen molar-refractivity contribution in [2.24, 2.45) is 0 Å². The number of ether oxygens (including phenoxy) is 1. The van der Waals surface area contributed by atoms with E-state index in [2.05, 4.69) is 31.3 Å². The highest BCUT2D eigenvalue weighted by atomic mass is 16.5. The molecule has 0 aromatic heterocycles. The third-order valence-electron chi connectivity index (χ3n) is 14.2. The monoisotopic (exact) mass is 958 g/mol. The minimum atomic E-state index is -0.844. The Labute approximate surface area is 424 Å². The van der Waals surface area contributed by atoms with Crippen LogP contribution in [0.2, 0.25) is 0 Å². The molecule has 1 amide bonds. The summed E-state index contributed by atoms with van der Waals surface area (Å²) in [6.07, 6.45) is 70.7. The molecule has 0 aromatic carbocycles. The summed E-state index contributed by atoms with van der Waals surface area (Å²) in [5, 5.41) is 23.1. The van der Waals surface area contributed by atoms with Crippen molar-refractivity contribution in [3.05, 3.63) is 24.3 Å². The van der Waals surface area contributed by atoms with Crippen molar-refractivity contribution < 1.29 is 24.5 Å². The molecular weight excluding hydrogens is 839 g/mol. The first kappa shape index (κ1) is 66.3. The number of aliphatic hydroxyl groups excluding tert-OH is 2. The van der Waals surface area contributed by atoms with E-state index in [-0.39, 0.29) is 18.5 Å². The van der Waals surface area contributed by atoms with E-state index in [4.69, 9.17) is 4.74 Å². The van der Waals surface area contributed by atoms with Crippen molar-refractivity contribution >= 4 is 11.9 Å². The molecule has 0 aliphatic rings. The van der Waals surface area contributed by atoms with Crippen LogP contribution in [0.4, 0.5) is 0 Å². The molecular formula is C62H119NO5. The highest BCUT2D eigenvalue weighted by Gasteiger charge is 2.18. The number of unbranched alkanes of at least 4 members (excludes halogenated alkanes) is 44. The minimum absolute atomic E-state index is 0.00439. The van der Waals surface area contributed by atoms with Crippen molar-refractivity contribution in [3.8, 4) is 0 Å². The Morgan fingerprint density at radius 2 is 0.691 bits per heavy atom. The van der Waals surface area contributed by atoms with E-state index in [9.17, 15) is 19.8 Å². The van der Waals surface area contributed by atoms with Gasteiger partial charge in [-0.25, -0.2) is 0 Å². The van der Waals surface area contributed by atoms with E-state index in [0.29, 0.717) is 19.4 Å². The smallest absolute Gasteiger partial charge is 0.305 e. The van der Waals surface area contributed by atoms with Gasteiger partial charge in [-0.1, -0.05) is 289 Å². The standard InChI is InChI=1S/C62H119NO5/c1-3-5-7-9-11-13-15-17-27-30-34-38-42-46-50-54-60(65)59(58-64)63-61(66)55-51-47-43-39-35-31-28-25-23-21-19-20-22-24-26-29-33-37-41-45-49-53-57-68-62(67)56-52-48-44-40-36-32-18-16-14-12-10-8-6-4-2/h16,18,50,54,59-60,64-65H,3-15,17,19-49,51-53,55-58H2,1-2H3,(H,63,66)/b18-16-,54-50+. The van der Waals surface area contributed by atoms with Crippen LogP contribution in [0.1, 0.15) is 335 Å². The van der Waals surface area contributed by atoms with Gasteiger partial charge in [0.15, 0.2) is 0 Å². The Kier molecular flexibility index (Phi) is 56.5. The summed E-state index contributed by atoms with van der Waals surface area (Å²) in [6.45, 7) is 4.91. The molecule has 0 aromatic rings. The minimum Gasteiger partial charge on any atom is -0.466 e. The maximum Gasteiger partial charge on any atom is 0.305 e. The quantitative estimate of drug-likeness (QED) is 0.0321. The average molecular weight is 959 g/mol. The summed E-state index contributed by atoms with van der Waals surface area (Å²) in [5.74, 6) is -0.0623. The van der Waals surface area contributed by atoms with E-state index < -0.39 is 12.1 Å². The van der Waals surface area contributed by atoms with Crippen LogP contribution in [0.15, 0.2) is 24.3 Å². The number of nitrogens with one attached hydrogen (secondary N) is 1. The molecule has 402 valence electrons. The van der Waals surface area contributed by atoms with Crippen LogP contribution in [-0.4, -0.2) is 47.4 Å². The number of allylic oxidation sites excluding steroid dienone is 3. The van der Waals surface area contributed by atoms with Gasteiger partial charge in [-0.2, -0.15) is 0 Å². The van der Waals surface area contributed by atoms with Crippen LogP contribution in [-0.2, 0) is 14.3 Å². The molecule has 0 aliphatic heterocycles. The number of hydrogen-bond acceptors (Lipinski definition) is 5. The Balaban J connectivity index is 3.40. The lowest BCUT2D eigenvalue weighted by Crippen LogP contribution is -2.45. The maximum atomic E-state index is 12.5. The number of amides is 1. The SMILES string of the molecule is CCCCCCC/C=C\CCCCCCCC(=O)OCCCCCCCCCCCCCCCCCCCCCCCCC(=O)NC(CO)C(O)/C=C/CCCCCCCCCCCCCCC. The number of carbonyl (C=O) groups is 2. The van der Waals surface area contributed by atoms with Crippen LogP contribution in [0.25, 0.3) is 0 Å². The summed E-state index contributed by atoms with van der Waals surface area (Å²) in [5.41, 5.74) is 0. The van der Waals surface area contributed by atoms with Gasteiger partial charge in [-0.05, 0) is 57.8 Å². The summed E-state index contributed by atoms with van der Waals surface area (Å²) < 4.78 is 5.48. The molecule has 3 N–H and O–H groups in total. The largest absolute Gasteiger partial charge is 0.466 e. The number of esters is 1. The van der Waals surface area contributed by atoms with Crippen molar-refractivity contribution in [2.45, 2.75) is 347 Å². The molecule has 0 spiro atoms. The first-order valence-electron chi connectivity index (χ1n) is 30.6. The van der Waals surface area contributed by atoms with E-state index in [1.54, 1.807) is 6.08 Å². The first-order valence-corrected chi connectivity index (χ1v) is 30.6. The fourth-order valence-electron chi connectivity index (χ4n) is 9.51.